The van der Waals surface area contributed by atoms with Gasteiger partial charge in [-0.1, -0.05) is 0 Å². The molecule has 0 fully saturated rings. The van der Waals surface area contributed by atoms with Crippen LogP contribution in [-0.2, 0) is 15.7 Å². The molecule has 1 aromatic heterocycles. The summed E-state index contributed by atoms with van der Waals surface area (Å²) in [5, 5.41) is 15.1. The number of nitrogens with zero attached hydrogens (tertiary/aromatic N) is 3. The van der Waals surface area contributed by atoms with Crippen molar-refractivity contribution in [3.63, 3.8) is 0 Å². The molecular formula is C10H12F3N3O3. The maximum atomic E-state index is 12.3. The summed E-state index contributed by atoms with van der Waals surface area (Å²) in [6.45, 7) is 0.00221. The number of hydrogen-bond donors (Lipinski definition) is 1. The quantitative estimate of drug-likeness (QED) is 0.838. The lowest BCUT2D eigenvalue weighted by molar-refractivity contribution is -0.141. The summed E-state index contributed by atoms with van der Waals surface area (Å²) >= 11 is 0. The standard InChI is InChI=1S/C10H12F3N3O3/c1-19-5-4-16(6-9(17)18)8-3-2-7(14-15-8)10(11,12)13/h2-3H,4-6H2,1H3,(H,17,18). The van der Waals surface area contributed by atoms with Gasteiger partial charge in [0, 0.05) is 13.7 Å². The van der Waals surface area contributed by atoms with Crippen LogP contribution in [0.4, 0.5) is 19.0 Å². The molecule has 0 atom stereocenters. The maximum absolute atomic E-state index is 12.3. The lowest BCUT2D eigenvalue weighted by atomic mass is 10.3. The van der Waals surface area contributed by atoms with Crippen LogP contribution in [0, 0.1) is 0 Å². The molecule has 1 N–H and O–H groups in total. The summed E-state index contributed by atoms with van der Waals surface area (Å²) in [5.41, 5.74) is -1.13. The Bertz CT molecular complexity index is 422. The van der Waals surface area contributed by atoms with Crippen molar-refractivity contribution in [2.45, 2.75) is 6.18 Å². The van der Waals surface area contributed by atoms with Crippen molar-refractivity contribution in [2.75, 3.05) is 31.7 Å². The topological polar surface area (TPSA) is 75.5 Å². The molecule has 19 heavy (non-hydrogen) atoms. The molecule has 0 radical (unpaired) electrons. The van der Waals surface area contributed by atoms with Gasteiger partial charge in [-0.15, -0.1) is 10.2 Å². The zero-order valence-electron chi connectivity index (χ0n) is 10.0. The SMILES string of the molecule is COCCN(CC(=O)O)c1ccc(C(F)(F)F)nn1. The Labute approximate surface area is 106 Å². The van der Waals surface area contributed by atoms with E-state index < -0.39 is 24.4 Å². The van der Waals surface area contributed by atoms with Crippen LogP contribution in [-0.4, -0.2) is 48.1 Å². The van der Waals surface area contributed by atoms with E-state index in [0.29, 0.717) is 0 Å². The van der Waals surface area contributed by atoms with Gasteiger partial charge in [0.1, 0.15) is 6.54 Å². The van der Waals surface area contributed by atoms with Crippen molar-refractivity contribution in [1.29, 1.82) is 0 Å². The normalized spacial score (nSPS) is 11.4. The van der Waals surface area contributed by atoms with Crippen LogP contribution in [0.2, 0.25) is 0 Å². The van der Waals surface area contributed by atoms with Crippen LogP contribution in [0.5, 0.6) is 0 Å². The zero-order valence-corrected chi connectivity index (χ0v) is 10.0. The highest BCUT2D eigenvalue weighted by Gasteiger charge is 2.33. The van der Waals surface area contributed by atoms with Crippen LogP contribution in [0.25, 0.3) is 0 Å². The first-order valence-corrected chi connectivity index (χ1v) is 5.21. The van der Waals surface area contributed by atoms with E-state index in [4.69, 9.17) is 9.84 Å². The fraction of sp³-hybridized carbons (Fsp3) is 0.500. The number of methoxy groups -OCH3 is 1. The third-order valence-corrected chi connectivity index (χ3v) is 2.16. The number of carboxylic acids is 1. The van der Waals surface area contributed by atoms with Gasteiger partial charge in [0.15, 0.2) is 11.5 Å². The van der Waals surface area contributed by atoms with Gasteiger partial charge < -0.3 is 14.7 Å². The van der Waals surface area contributed by atoms with Crippen LogP contribution in [0.1, 0.15) is 5.69 Å². The molecule has 0 unspecified atom stereocenters. The second-order valence-electron chi connectivity index (χ2n) is 3.58. The summed E-state index contributed by atoms with van der Waals surface area (Å²) in [7, 11) is 1.43. The second-order valence-corrected chi connectivity index (χ2v) is 3.58. The van der Waals surface area contributed by atoms with E-state index in [1.807, 2.05) is 0 Å². The van der Waals surface area contributed by atoms with Gasteiger partial charge in [0.25, 0.3) is 0 Å². The van der Waals surface area contributed by atoms with Crippen molar-refractivity contribution in [3.05, 3.63) is 17.8 Å². The van der Waals surface area contributed by atoms with Crippen molar-refractivity contribution in [3.8, 4) is 0 Å². The van der Waals surface area contributed by atoms with E-state index in [9.17, 15) is 18.0 Å². The molecule has 0 saturated heterocycles. The Morgan fingerprint density at radius 3 is 2.53 bits per heavy atom. The molecule has 1 aromatic rings. The predicted molar refractivity (Wildman–Crippen MR) is 58.8 cm³/mol. The number of rotatable bonds is 6. The minimum Gasteiger partial charge on any atom is -0.480 e. The Kier molecular flexibility index (Phi) is 5.04. The molecule has 6 nitrogen and oxygen atoms in total. The highest BCUT2D eigenvalue weighted by atomic mass is 19.4. The van der Waals surface area contributed by atoms with E-state index in [-0.39, 0.29) is 19.0 Å². The van der Waals surface area contributed by atoms with Crippen LogP contribution >= 0.6 is 0 Å². The molecule has 1 rings (SSSR count). The maximum Gasteiger partial charge on any atom is 0.435 e. The highest BCUT2D eigenvalue weighted by molar-refractivity contribution is 5.73. The van der Waals surface area contributed by atoms with Gasteiger partial charge in [-0.05, 0) is 12.1 Å². The number of anilines is 1. The Balaban J connectivity index is 2.87. The monoisotopic (exact) mass is 279 g/mol. The molecular weight excluding hydrogens is 267 g/mol. The molecule has 0 aliphatic heterocycles. The van der Waals surface area contributed by atoms with Gasteiger partial charge in [-0.3, -0.25) is 4.79 Å². The number of halogens is 3. The molecule has 9 heteroatoms. The first kappa shape index (κ1) is 15.2. The Morgan fingerprint density at radius 1 is 1.42 bits per heavy atom. The smallest absolute Gasteiger partial charge is 0.435 e. The largest absolute Gasteiger partial charge is 0.480 e. The van der Waals surface area contributed by atoms with Crippen molar-refractivity contribution in [2.24, 2.45) is 0 Å². The first-order chi connectivity index (χ1) is 8.84. The molecule has 0 aliphatic carbocycles. The third-order valence-electron chi connectivity index (χ3n) is 2.16. The molecule has 0 bridgehead atoms. The molecule has 0 saturated carbocycles. The summed E-state index contributed by atoms with van der Waals surface area (Å²) in [4.78, 5) is 11.9. The minimum absolute atomic E-state index is 0.0486. The fourth-order valence-electron chi connectivity index (χ4n) is 1.28. The molecule has 0 spiro atoms. The van der Waals surface area contributed by atoms with E-state index in [1.54, 1.807) is 0 Å². The van der Waals surface area contributed by atoms with Gasteiger partial charge in [-0.2, -0.15) is 13.2 Å². The lowest BCUT2D eigenvalue weighted by Gasteiger charge is -2.20. The number of ether oxygens (including phenoxy) is 1. The van der Waals surface area contributed by atoms with E-state index >= 15 is 0 Å². The number of hydrogen-bond acceptors (Lipinski definition) is 5. The lowest BCUT2D eigenvalue weighted by Crippen LogP contribution is -2.33. The Morgan fingerprint density at radius 2 is 2.11 bits per heavy atom. The van der Waals surface area contributed by atoms with E-state index in [2.05, 4.69) is 10.2 Å². The number of carbonyl (C=O) groups is 1. The van der Waals surface area contributed by atoms with E-state index in [1.165, 1.54) is 12.0 Å². The number of aromatic nitrogens is 2. The molecule has 0 aromatic carbocycles. The Hall–Kier alpha value is -1.90. The van der Waals surface area contributed by atoms with Crippen LogP contribution < -0.4 is 4.90 Å². The molecule has 106 valence electrons. The number of carboxylic acid groups (broad SMARTS) is 1. The summed E-state index contributed by atoms with van der Waals surface area (Å²) in [6.07, 6.45) is -4.57. The number of alkyl halides is 3. The van der Waals surface area contributed by atoms with Crippen LogP contribution in [0.15, 0.2) is 12.1 Å². The second kappa shape index (κ2) is 6.32. The van der Waals surface area contributed by atoms with E-state index in [0.717, 1.165) is 12.1 Å². The molecule has 0 amide bonds. The minimum atomic E-state index is -4.57. The van der Waals surface area contributed by atoms with Gasteiger partial charge in [0.2, 0.25) is 0 Å². The third kappa shape index (κ3) is 4.70. The summed E-state index contributed by atoms with van der Waals surface area (Å²) < 4.78 is 41.7. The van der Waals surface area contributed by atoms with Crippen molar-refractivity contribution >= 4 is 11.8 Å². The summed E-state index contributed by atoms with van der Waals surface area (Å²) in [5.74, 6) is -1.08. The zero-order chi connectivity index (χ0) is 14.5. The van der Waals surface area contributed by atoms with Gasteiger partial charge in [0.05, 0.1) is 6.61 Å². The average Bonchev–Trinajstić information content (AvgIpc) is 2.33. The predicted octanol–water partition coefficient (Wildman–Crippen LogP) is 1.03. The van der Waals surface area contributed by atoms with Crippen molar-refractivity contribution < 1.29 is 27.8 Å². The van der Waals surface area contributed by atoms with Crippen LogP contribution in [0.3, 0.4) is 0 Å². The fourth-order valence-corrected chi connectivity index (χ4v) is 1.28. The average molecular weight is 279 g/mol. The van der Waals surface area contributed by atoms with Crippen molar-refractivity contribution in [1.82, 2.24) is 10.2 Å². The summed E-state index contributed by atoms with van der Waals surface area (Å²) in [6, 6.07) is 1.83. The molecule has 0 aliphatic rings. The molecule has 1 heterocycles. The van der Waals surface area contributed by atoms with Gasteiger partial charge in [-0.25, -0.2) is 0 Å². The van der Waals surface area contributed by atoms with Gasteiger partial charge >= 0.3 is 12.1 Å². The highest BCUT2D eigenvalue weighted by Crippen LogP contribution is 2.27. The first-order valence-electron chi connectivity index (χ1n) is 5.21. The number of aliphatic carboxylic acids is 1.